The monoisotopic (exact) mass is 484 g/mol. The van der Waals surface area contributed by atoms with Crippen LogP contribution in [0.5, 0.6) is 11.5 Å². The summed E-state index contributed by atoms with van der Waals surface area (Å²) in [4.78, 5) is 19.1. The van der Waals surface area contributed by atoms with E-state index in [9.17, 15) is 4.79 Å². The number of amidine groups is 1. The van der Waals surface area contributed by atoms with Crippen molar-refractivity contribution in [2.24, 2.45) is 5.73 Å². The normalized spacial score (nSPS) is 15.3. The first-order valence-electron chi connectivity index (χ1n) is 11.1. The molecule has 0 fully saturated rings. The van der Waals surface area contributed by atoms with Crippen LogP contribution in [0, 0.1) is 5.41 Å². The summed E-state index contributed by atoms with van der Waals surface area (Å²) in [6.45, 7) is 0. The third-order valence-electron chi connectivity index (χ3n) is 5.85. The van der Waals surface area contributed by atoms with E-state index in [1.165, 1.54) is 0 Å². The third kappa shape index (κ3) is 4.65. The molecule has 1 aliphatic rings. The molecule has 3 aromatic carbocycles. The zero-order valence-electron chi connectivity index (χ0n) is 19.0. The number of nitrogens with two attached hydrogens (primary N) is 1. The number of aromatic nitrogens is 1. The highest BCUT2D eigenvalue weighted by Crippen LogP contribution is 2.42. The van der Waals surface area contributed by atoms with Crippen molar-refractivity contribution >= 4 is 40.1 Å². The molecular weight excluding hydrogens is 460 g/mol. The first kappa shape index (κ1) is 22.7. The Morgan fingerprint density at radius 3 is 2.74 bits per heavy atom. The zero-order valence-corrected chi connectivity index (χ0v) is 19.8. The number of anilines is 1. The maximum absolute atomic E-state index is 13.7. The van der Waals surface area contributed by atoms with Crippen molar-refractivity contribution < 1.29 is 14.3 Å². The van der Waals surface area contributed by atoms with E-state index in [2.05, 4.69) is 10.3 Å². The molecule has 4 N–H and O–H groups in total. The van der Waals surface area contributed by atoms with E-state index < -0.39 is 6.10 Å². The Hall–Kier alpha value is -4.04. The highest BCUT2D eigenvalue weighted by Gasteiger charge is 2.30. The van der Waals surface area contributed by atoms with Crippen molar-refractivity contribution in [2.45, 2.75) is 22.7 Å². The minimum absolute atomic E-state index is 0.131. The molecule has 7 nitrogen and oxygen atoms in total. The third-order valence-corrected chi connectivity index (χ3v) is 7.19. The topological polar surface area (TPSA) is 110 Å². The first-order chi connectivity index (χ1) is 17.0. The molecule has 0 bridgehead atoms. The van der Waals surface area contributed by atoms with Crippen molar-refractivity contribution in [2.75, 3.05) is 12.4 Å². The van der Waals surface area contributed by atoms with Crippen LogP contribution in [0.2, 0.25) is 0 Å². The van der Waals surface area contributed by atoms with Gasteiger partial charge in [0.1, 0.15) is 17.3 Å². The summed E-state index contributed by atoms with van der Waals surface area (Å²) < 4.78 is 11.8. The molecule has 2 unspecified atom stereocenters. The van der Waals surface area contributed by atoms with E-state index in [1.54, 1.807) is 31.1 Å². The number of nitrogens with one attached hydrogen (secondary N) is 2. The number of rotatable bonds is 7. The summed E-state index contributed by atoms with van der Waals surface area (Å²) in [5.41, 5.74) is 8.64. The highest BCUT2D eigenvalue weighted by atomic mass is 32.2. The Morgan fingerprint density at radius 2 is 1.97 bits per heavy atom. The lowest BCUT2D eigenvalue weighted by Crippen LogP contribution is -2.26. The number of amides is 1. The number of carbonyl (C=O) groups excluding carboxylic acids is 1. The zero-order chi connectivity index (χ0) is 24.4. The lowest BCUT2D eigenvalue weighted by molar-refractivity contribution is -0.123. The van der Waals surface area contributed by atoms with Crippen LogP contribution >= 0.6 is 11.8 Å². The van der Waals surface area contributed by atoms with Crippen molar-refractivity contribution in [3.05, 3.63) is 90.1 Å². The molecule has 5 rings (SSSR count). The van der Waals surface area contributed by atoms with Gasteiger partial charge in [-0.25, -0.2) is 0 Å². The molecular formula is C27H24N4O3S. The van der Waals surface area contributed by atoms with Crippen molar-refractivity contribution in [1.29, 1.82) is 5.41 Å². The van der Waals surface area contributed by atoms with Crippen LogP contribution in [0.1, 0.15) is 17.2 Å². The fourth-order valence-corrected chi connectivity index (χ4v) is 5.29. The Morgan fingerprint density at radius 1 is 1.14 bits per heavy atom. The predicted octanol–water partition coefficient (Wildman–Crippen LogP) is 4.95. The van der Waals surface area contributed by atoms with E-state index >= 15 is 0 Å². The van der Waals surface area contributed by atoms with Crippen LogP contribution in [0.25, 0.3) is 10.9 Å². The van der Waals surface area contributed by atoms with Gasteiger partial charge >= 0.3 is 0 Å². The number of nitrogens with zero attached hydrogens (tertiary/aromatic N) is 1. The summed E-state index contributed by atoms with van der Waals surface area (Å²) in [7, 11) is 1.58. The molecule has 1 amide bonds. The Balaban J connectivity index is 1.50. The Labute approximate surface area is 207 Å². The van der Waals surface area contributed by atoms with Gasteiger partial charge in [0.15, 0.2) is 0 Å². The van der Waals surface area contributed by atoms with Gasteiger partial charge in [0, 0.05) is 33.7 Å². The van der Waals surface area contributed by atoms with E-state index in [4.69, 9.17) is 20.6 Å². The van der Waals surface area contributed by atoms with Crippen molar-refractivity contribution in [1.82, 2.24) is 4.98 Å². The van der Waals surface area contributed by atoms with Gasteiger partial charge in [0.2, 0.25) is 6.10 Å². The van der Waals surface area contributed by atoms with Gasteiger partial charge in [0.25, 0.3) is 5.91 Å². The van der Waals surface area contributed by atoms with Gasteiger partial charge in [-0.3, -0.25) is 15.2 Å². The van der Waals surface area contributed by atoms with Crippen LogP contribution < -0.4 is 20.5 Å². The molecule has 0 saturated carbocycles. The number of benzene rings is 3. The van der Waals surface area contributed by atoms with Gasteiger partial charge in [-0.2, -0.15) is 0 Å². The van der Waals surface area contributed by atoms with Gasteiger partial charge < -0.3 is 20.5 Å². The van der Waals surface area contributed by atoms with Gasteiger partial charge in [-0.15, -0.1) is 11.8 Å². The average Bonchev–Trinajstić information content (AvgIpc) is 3.33. The molecule has 0 radical (unpaired) electrons. The average molecular weight is 485 g/mol. The number of ether oxygens (including phenoxy) is 2. The molecule has 35 heavy (non-hydrogen) atoms. The SMILES string of the molecule is COc1cc(NC(=O)C(Oc2cccc3c2CC(C(=N)N)S3)c2ccccc2)c2ncccc2c1. The largest absolute Gasteiger partial charge is 0.497 e. The molecule has 2 heterocycles. The highest BCUT2D eigenvalue weighted by molar-refractivity contribution is 8.01. The fraction of sp³-hybridized carbons (Fsp3) is 0.148. The Kier molecular flexibility index (Phi) is 6.29. The number of pyridine rings is 1. The molecule has 4 aromatic rings. The van der Waals surface area contributed by atoms with Crippen molar-refractivity contribution in [3.8, 4) is 11.5 Å². The molecule has 0 spiro atoms. The molecule has 8 heteroatoms. The van der Waals surface area contributed by atoms with Gasteiger partial charge in [-0.1, -0.05) is 42.5 Å². The summed E-state index contributed by atoms with van der Waals surface area (Å²) in [6, 6.07) is 22.5. The number of carbonyl (C=O) groups is 1. The van der Waals surface area contributed by atoms with Crippen LogP contribution in [0.4, 0.5) is 5.69 Å². The van der Waals surface area contributed by atoms with E-state index in [0.29, 0.717) is 29.1 Å². The van der Waals surface area contributed by atoms with Gasteiger partial charge in [-0.05, 0) is 30.7 Å². The minimum atomic E-state index is -0.908. The second-order valence-electron chi connectivity index (χ2n) is 8.15. The number of hydrogen-bond acceptors (Lipinski definition) is 6. The number of methoxy groups -OCH3 is 1. The molecule has 176 valence electrons. The number of thioether (sulfide) groups is 1. The molecule has 0 aliphatic carbocycles. The second kappa shape index (κ2) is 9.68. The predicted molar refractivity (Wildman–Crippen MR) is 138 cm³/mol. The first-order valence-corrected chi connectivity index (χ1v) is 12.0. The van der Waals surface area contributed by atoms with Gasteiger partial charge in [0.05, 0.1) is 23.6 Å². The van der Waals surface area contributed by atoms with Crippen LogP contribution in [-0.4, -0.2) is 29.1 Å². The molecule has 1 aromatic heterocycles. The lowest BCUT2D eigenvalue weighted by Gasteiger charge is -2.21. The summed E-state index contributed by atoms with van der Waals surface area (Å²) in [5.74, 6) is 1.03. The summed E-state index contributed by atoms with van der Waals surface area (Å²) >= 11 is 1.55. The van der Waals surface area contributed by atoms with Crippen LogP contribution in [0.3, 0.4) is 0 Å². The van der Waals surface area contributed by atoms with E-state index in [0.717, 1.165) is 21.4 Å². The maximum Gasteiger partial charge on any atom is 0.270 e. The standard InChI is InChI=1S/C27H24N4O3S/c1-33-18-13-17-9-6-12-30-24(17)20(14-18)31-27(32)25(16-7-3-2-4-8-16)34-21-10-5-11-22-19(21)15-23(35-22)26(28)29/h2-14,23,25H,15H2,1H3,(H3,28,29)(H,31,32). The molecule has 1 aliphatic heterocycles. The number of hydrogen-bond donors (Lipinski definition) is 3. The fourth-order valence-electron chi connectivity index (χ4n) is 4.13. The van der Waals surface area contributed by atoms with E-state index in [-0.39, 0.29) is 17.0 Å². The summed E-state index contributed by atoms with van der Waals surface area (Å²) in [5, 5.41) is 11.6. The molecule has 0 saturated heterocycles. The minimum Gasteiger partial charge on any atom is -0.497 e. The second-order valence-corrected chi connectivity index (χ2v) is 9.39. The number of fused-ring (bicyclic) bond motifs is 2. The Bertz CT molecular complexity index is 1410. The quantitative estimate of drug-likeness (QED) is 0.253. The van der Waals surface area contributed by atoms with Crippen LogP contribution in [0.15, 0.2) is 83.9 Å². The smallest absolute Gasteiger partial charge is 0.270 e. The van der Waals surface area contributed by atoms with Crippen LogP contribution in [-0.2, 0) is 11.2 Å². The molecule has 2 atom stereocenters. The summed E-state index contributed by atoms with van der Waals surface area (Å²) in [6.07, 6.45) is 1.36. The lowest BCUT2D eigenvalue weighted by atomic mass is 10.1. The maximum atomic E-state index is 13.7. The van der Waals surface area contributed by atoms with E-state index in [1.807, 2.05) is 66.7 Å². The van der Waals surface area contributed by atoms with Crippen molar-refractivity contribution in [3.63, 3.8) is 0 Å².